The third-order valence-electron chi connectivity index (χ3n) is 3.25. The molecule has 0 saturated heterocycles. The number of anilines is 2. The highest BCUT2D eigenvalue weighted by atomic mass is 32.2. The number of aromatic nitrogens is 3. The van der Waals surface area contributed by atoms with Crippen molar-refractivity contribution in [2.75, 3.05) is 11.5 Å². The van der Waals surface area contributed by atoms with Crippen LogP contribution in [0.2, 0.25) is 0 Å². The molecule has 112 valence electrons. The van der Waals surface area contributed by atoms with Gasteiger partial charge in [0.05, 0.1) is 5.25 Å². The molecule has 2 aromatic heterocycles. The van der Waals surface area contributed by atoms with E-state index >= 15 is 0 Å². The SMILES string of the molecule is C[C@H](Sc1nc(N)cc(N)n1)C(=O)c1c[nH]c2ccccc12. The van der Waals surface area contributed by atoms with Crippen molar-refractivity contribution < 1.29 is 4.79 Å². The molecule has 0 amide bonds. The number of Topliss-reactive ketones (excluding diaryl/α,β-unsaturated/α-hetero) is 1. The van der Waals surface area contributed by atoms with Crippen LogP contribution in [0.4, 0.5) is 11.6 Å². The van der Waals surface area contributed by atoms with Gasteiger partial charge in [-0.2, -0.15) is 0 Å². The lowest BCUT2D eigenvalue weighted by atomic mass is 10.1. The minimum atomic E-state index is -0.347. The van der Waals surface area contributed by atoms with Gasteiger partial charge < -0.3 is 16.5 Å². The number of carbonyl (C=O) groups is 1. The Hall–Kier alpha value is -2.54. The predicted molar refractivity (Wildman–Crippen MR) is 88.8 cm³/mol. The first-order valence-electron chi connectivity index (χ1n) is 6.71. The van der Waals surface area contributed by atoms with Crippen molar-refractivity contribution in [2.45, 2.75) is 17.3 Å². The lowest BCUT2D eigenvalue weighted by Crippen LogP contribution is -2.14. The molecule has 0 aliphatic carbocycles. The lowest BCUT2D eigenvalue weighted by molar-refractivity contribution is 0.0995. The number of ketones is 1. The smallest absolute Gasteiger partial charge is 0.192 e. The van der Waals surface area contributed by atoms with E-state index < -0.39 is 0 Å². The van der Waals surface area contributed by atoms with E-state index in [4.69, 9.17) is 11.5 Å². The van der Waals surface area contributed by atoms with Gasteiger partial charge in [-0.3, -0.25) is 4.79 Å². The normalized spacial score (nSPS) is 12.4. The molecule has 0 radical (unpaired) electrons. The summed E-state index contributed by atoms with van der Waals surface area (Å²) in [7, 11) is 0. The number of para-hydroxylation sites is 1. The van der Waals surface area contributed by atoms with Crippen molar-refractivity contribution in [3.05, 3.63) is 42.1 Å². The average molecular weight is 313 g/mol. The number of thioether (sulfide) groups is 1. The van der Waals surface area contributed by atoms with E-state index in [0.29, 0.717) is 22.4 Å². The molecule has 22 heavy (non-hydrogen) atoms. The molecule has 0 bridgehead atoms. The molecule has 0 unspecified atom stereocenters. The zero-order valence-electron chi connectivity index (χ0n) is 11.9. The highest BCUT2D eigenvalue weighted by Crippen LogP contribution is 2.27. The van der Waals surface area contributed by atoms with E-state index in [1.165, 1.54) is 17.8 Å². The van der Waals surface area contributed by atoms with Gasteiger partial charge in [-0.25, -0.2) is 9.97 Å². The number of H-pyrrole nitrogens is 1. The zero-order chi connectivity index (χ0) is 15.7. The quantitative estimate of drug-likeness (QED) is 0.388. The first kappa shape index (κ1) is 14.4. The summed E-state index contributed by atoms with van der Waals surface area (Å²) in [4.78, 5) is 23.9. The molecular formula is C15H15N5OS. The summed E-state index contributed by atoms with van der Waals surface area (Å²) < 4.78 is 0. The molecule has 7 heteroatoms. The number of benzene rings is 1. The molecule has 0 aliphatic heterocycles. The lowest BCUT2D eigenvalue weighted by Gasteiger charge is -2.09. The maximum atomic E-state index is 12.6. The molecule has 1 atom stereocenters. The van der Waals surface area contributed by atoms with Crippen molar-refractivity contribution in [1.82, 2.24) is 15.0 Å². The Morgan fingerprint density at radius 3 is 2.64 bits per heavy atom. The maximum Gasteiger partial charge on any atom is 0.192 e. The number of nitrogens with zero attached hydrogens (tertiary/aromatic N) is 2. The number of fused-ring (bicyclic) bond motifs is 1. The summed E-state index contributed by atoms with van der Waals surface area (Å²) in [6, 6.07) is 9.17. The van der Waals surface area contributed by atoms with Crippen molar-refractivity contribution in [3.63, 3.8) is 0 Å². The van der Waals surface area contributed by atoms with Crippen LogP contribution in [0.3, 0.4) is 0 Å². The first-order valence-corrected chi connectivity index (χ1v) is 7.59. The molecule has 3 rings (SSSR count). The van der Waals surface area contributed by atoms with Crippen molar-refractivity contribution >= 4 is 40.1 Å². The number of nitrogens with one attached hydrogen (secondary N) is 1. The molecule has 5 N–H and O–H groups in total. The van der Waals surface area contributed by atoms with Gasteiger partial charge in [0.15, 0.2) is 10.9 Å². The second kappa shape index (κ2) is 5.69. The maximum absolute atomic E-state index is 12.6. The van der Waals surface area contributed by atoms with Gasteiger partial charge in [-0.05, 0) is 13.0 Å². The van der Waals surface area contributed by atoms with E-state index in [0.717, 1.165) is 10.9 Å². The van der Waals surface area contributed by atoms with Gasteiger partial charge in [0.1, 0.15) is 11.6 Å². The summed E-state index contributed by atoms with van der Waals surface area (Å²) in [6.07, 6.45) is 1.73. The number of nitrogen functional groups attached to an aromatic ring is 2. The van der Waals surface area contributed by atoms with Gasteiger partial charge in [0.25, 0.3) is 0 Å². The largest absolute Gasteiger partial charge is 0.383 e. The average Bonchev–Trinajstić information content (AvgIpc) is 2.89. The highest BCUT2D eigenvalue weighted by molar-refractivity contribution is 8.00. The Balaban J connectivity index is 1.85. The number of hydrogen-bond acceptors (Lipinski definition) is 6. The van der Waals surface area contributed by atoms with Crippen LogP contribution >= 0.6 is 11.8 Å². The van der Waals surface area contributed by atoms with Gasteiger partial charge in [0, 0.05) is 28.7 Å². The minimum absolute atomic E-state index is 0.00652. The topological polar surface area (TPSA) is 111 Å². The first-order chi connectivity index (χ1) is 10.5. The zero-order valence-corrected chi connectivity index (χ0v) is 12.7. The van der Waals surface area contributed by atoms with Crippen LogP contribution in [-0.4, -0.2) is 26.0 Å². The van der Waals surface area contributed by atoms with Crippen LogP contribution in [0.15, 0.2) is 41.7 Å². The van der Waals surface area contributed by atoms with E-state index in [1.807, 2.05) is 31.2 Å². The van der Waals surface area contributed by atoms with Crippen molar-refractivity contribution in [1.29, 1.82) is 0 Å². The van der Waals surface area contributed by atoms with Gasteiger partial charge in [-0.1, -0.05) is 30.0 Å². The van der Waals surface area contributed by atoms with Crippen molar-refractivity contribution in [2.24, 2.45) is 0 Å². The Labute approximate surface area is 131 Å². The Kier molecular flexibility index (Phi) is 3.72. The monoisotopic (exact) mass is 313 g/mol. The molecular weight excluding hydrogens is 298 g/mol. The summed E-state index contributed by atoms with van der Waals surface area (Å²) in [5.41, 5.74) is 12.9. The Morgan fingerprint density at radius 1 is 1.23 bits per heavy atom. The summed E-state index contributed by atoms with van der Waals surface area (Å²) in [5, 5.41) is 0.964. The summed E-state index contributed by atoms with van der Waals surface area (Å²) >= 11 is 1.24. The van der Waals surface area contributed by atoms with Gasteiger partial charge in [0.2, 0.25) is 0 Å². The van der Waals surface area contributed by atoms with Crippen LogP contribution in [-0.2, 0) is 0 Å². The number of hydrogen-bond donors (Lipinski definition) is 3. The highest BCUT2D eigenvalue weighted by Gasteiger charge is 2.21. The minimum Gasteiger partial charge on any atom is -0.383 e. The molecule has 0 aliphatic rings. The summed E-state index contributed by atoms with van der Waals surface area (Å²) in [5.74, 6) is 0.593. The predicted octanol–water partition coefficient (Wildman–Crippen LogP) is 2.49. The Bertz CT molecular complexity index is 825. The number of carbonyl (C=O) groups excluding carboxylic acids is 1. The van der Waals surface area contributed by atoms with E-state index in [2.05, 4.69) is 15.0 Å². The standard InChI is InChI=1S/C15H15N5OS/c1-8(22-15-19-12(16)6-13(17)20-15)14(21)10-7-18-11-5-3-2-4-9(10)11/h2-8,18H,1H3,(H4,16,17,19,20)/t8-/m0/s1. The molecule has 0 saturated carbocycles. The van der Waals surface area contributed by atoms with E-state index in [1.54, 1.807) is 6.20 Å². The third kappa shape index (κ3) is 2.75. The fourth-order valence-corrected chi connectivity index (χ4v) is 3.09. The van der Waals surface area contributed by atoms with E-state index in [9.17, 15) is 4.79 Å². The van der Waals surface area contributed by atoms with Crippen molar-refractivity contribution in [3.8, 4) is 0 Å². The Morgan fingerprint density at radius 2 is 1.91 bits per heavy atom. The molecule has 1 aromatic carbocycles. The van der Waals surface area contributed by atoms with Crippen LogP contribution in [0.1, 0.15) is 17.3 Å². The van der Waals surface area contributed by atoms with Crippen LogP contribution in [0, 0.1) is 0 Å². The second-order valence-corrected chi connectivity index (χ2v) is 6.18. The van der Waals surface area contributed by atoms with Gasteiger partial charge >= 0.3 is 0 Å². The molecule has 0 fully saturated rings. The number of aromatic amines is 1. The molecule has 2 heterocycles. The molecule has 6 nitrogen and oxygen atoms in total. The fraction of sp³-hybridized carbons (Fsp3) is 0.133. The number of nitrogens with two attached hydrogens (primary N) is 2. The van der Waals surface area contributed by atoms with E-state index in [-0.39, 0.29) is 11.0 Å². The van der Waals surface area contributed by atoms with Crippen LogP contribution in [0.25, 0.3) is 10.9 Å². The molecule has 3 aromatic rings. The van der Waals surface area contributed by atoms with Crippen LogP contribution in [0.5, 0.6) is 0 Å². The number of rotatable bonds is 4. The third-order valence-corrected chi connectivity index (χ3v) is 4.21. The second-order valence-electron chi connectivity index (χ2n) is 4.87. The van der Waals surface area contributed by atoms with Crippen LogP contribution < -0.4 is 11.5 Å². The van der Waals surface area contributed by atoms with Gasteiger partial charge in [-0.15, -0.1) is 0 Å². The summed E-state index contributed by atoms with van der Waals surface area (Å²) in [6.45, 7) is 1.82. The molecule has 0 spiro atoms. The fourth-order valence-electron chi connectivity index (χ4n) is 2.22.